The third kappa shape index (κ3) is 2.34. The molecule has 0 saturated heterocycles. The summed E-state index contributed by atoms with van der Waals surface area (Å²) in [5, 5.41) is 10.1. The highest BCUT2D eigenvalue weighted by Gasteiger charge is 2.38. The van der Waals surface area contributed by atoms with Crippen molar-refractivity contribution in [2.45, 2.75) is 0 Å². The fourth-order valence-corrected chi connectivity index (χ4v) is 2.97. The highest BCUT2D eigenvalue weighted by molar-refractivity contribution is 6.30. The summed E-state index contributed by atoms with van der Waals surface area (Å²) >= 11 is 0. The molecule has 142 valence electrons. The van der Waals surface area contributed by atoms with Crippen LogP contribution in [0.15, 0.2) is 29.3 Å². The molecule has 0 bridgehead atoms. The van der Waals surface area contributed by atoms with Crippen molar-refractivity contribution in [2.24, 2.45) is 4.99 Å². The summed E-state index contributed by atoms with van der Waals surface area (Å²) in [6.45, 7) is 0. The average Bonchev–Trinajstić information content (AvgIpc) is 3.18. The van der Waals surface area contributed by atoms with Crippen LogP contribution in [0.4, 0.5) is 26.3 Å². The smallest absolute Gasteiger partial charge is 0.280 e. The van der Waals surface area contributed by atoms with Crippen LogP contribution in [0.1, 0.15) is 21.5 Å². The minimum absolute atomic E-state index is 0.0554. The van der Waals surface area contributed by atoms with E-state index in [9.17, 15) is 36.2 Å². The van der Waals surface area contributed by atoms with Crippen molar-refractivity contribution >= 4 is 11.6 Å². The maximum Gasteiger partial charge on any atom is 0.280 e. The highest BCUT2D eigenvalue weighted by atomic mass is 19.2. The first kappa shape index (κ1) is 17.8. The van der Waals surface area contributed by atoms with Crippen LogP contribution in [0.5, 0.6) is 5.88 Å². The lowest BCUT2D eigenvalue weighted by Crippen LogP contribution is -2.13. The highest BCUT2D eigenvalue weighted by Crippen LogP contribution is 2.39. The molecule has 0 fully saturated rings. The van der Waals surface area contributed by atoms with E-state index in [2.05, 4.69) is 9.98 Å². The first-order valence-electron chi connectivity index (χ1n) is 7.58. The fraction of sp³-hybridized carbons (Fsp3) is 0. The Kier molecular flexibility index (Phi) is 3.81. The predicted octanol–water partition coefficient (Wildman–Crippen LogP) is 4.21. The summed E-state index contributed by atoms with van der Waals surface area (Å²) in [6.07, 6.45) is 0. The molecule has 0 atom stereocenters. The molecule has 0 radical (unpaired) electrons. The van der Waals surface area contributed by atoms with E-state index in [4.69, 9.17) is 0 Å². The molecule has 2 N–H and O–H groups in total. The van der Waals surface area contributed by atoms with Gasteiger partial charge in [-0.15, -0.1) is 0 Å². The minimum atomic E-state index is -2.37. The van der Waals surface area contributed by atoms with E-state index in [-0.39, 0.29) is 16.8 Å². The molecule has 4 nitrogen and oxygen atoms in total. The van der Waals surface area contributed by atoms with Gasteiger partial charge in [-0.25, -0.2) is 31.3 Å². The van der Waals surface area contributed by atoms with Crippen molar-refractivity contribution in [3.63, 3.8) is 0 Å². The number of hydrogen-bond acceptors (Lipinski definition) is 2. The number of carbonyl (C=O) groups excluding carboxylic acids is 1. The fourth-order valence-electron chi connectivity index (χ4n) is 2.97. The van der Waals surface area contributed by atoms with Gasteiger partial charge in [0.25, 0.3) is 5.91 Å². The third-order valence-corrected chi connectivity index (χ3v) is 4.22. The molecule has 3 aromatic rings. The summed E-state index contributed by atoms with van der Waals surface area (Å²) in [5.41, 5.74) is -3.05. The van der Waals surface area contributed by atoms with Crippen LogP contribution in [0, 0.1) is 34.9 Å². The number of benzene rings is 2. The van der Waals surface area contributed by atoms with Crippen molar-refractivity contribution in [1.82, 2.24) is 4.98 Å². The number of aromatic hydroxyl groups is 1. The van der Waals surface area contributed by atoms with Crippen LogP contribution < -0.4 is 0 Å². The molecule has 1 aromatic heterocycles. The third-order valence-electron chi connectivity index (χ3n) is 4.22. The topological polar surface area (TPSA) is 65.4 Å². The van der Waals surface area contributed by atoms with Crippen LogP contribution in [0.2, 0.25) is 0 Å². The van der Waals surface area contributed by atoms with E-state index in [0.29, 0.717) is 0 Å². The van der Waals surface area contributed by atoms with E-state index in [1.165, 1.54) is 12.1 Å². The van der Waals surface area contributed by atoms with Gasteiger partial charge in [0.05, 0.1) is 28.1 Å². The van der Waals surface area contributed by atoms with Crippen molar-refractivity contribution in [2.75, 3.05) is 0 Å². The summed E-state index contributed by atoms with van der Waals surface area (Å²) < 4.78 is 81.7. The molecular formula is C18H6F6N2O2. The molecule has 0 unspecified atom stereocenters. The molecule has 1 amide bonds. The molecule has 28 heavy (non-hydrogen) atoms. The van der Waals surface area contributed by atoms with Gasteiger partial charge in [0.1, 0.15) is 5.82 Å². The lowest BCUT2D eigenvalue weighted by molar-refractivity contribution is 0.101. The summed E-state index contributed by atoms with van der Waals surface area (Å²) in [4.78, 5) is 18.0. The van der Waals surface area contributed by atoms with E-state index in [1.54, 1.807) is 0 Å². The van der Waals surface area contributed by atoms with Gasteiger partial charge in [-0.3, -0.25) is 4.79 Å². The second kappa shape index (κ2) is 5.98. The van der Waals surface area contributed by atoms with Gasteiger partial charge in [-0.2, -0.15) is 0 Å². The lowest BCUT2D eigenvalue weighted by Gasteiger charge is -2.08. The lowest BCUT2D eigenvalue weighted by atomic mass is 9.99. The zero-order valence-corrected chi connectivity index (χ0v) is 13.4. The van der Waals surface area contributed by atoms with E-state index < -0.39 is 63.5 Å². The monoisotopic (exact) mass is 396 g/mol. The Hall–Kier alpha value is -3.56. The van der Waals surface area contributed by atoms with Gasteiger partial charge in [0.2, 0.25) is 5.82 Å². The maximum atomic E-state index is 14.1. The zero-order valence-electron chi connectivity index (χ0n) is 13.4. The molecule has 0 saturated carbocycles. The number of aromatic nitrogens is 1. The van der Waals surface area contributed by atoms with Crippen LogP contribution in [0.3, 0.4) is 0 Å². The van der Waals surface area contributed by atoms with Gasteiger partial charge in [-0.1, -0.05) is 0 Å². The summed E-state index contributed by atoms with van der Waals surface area (Å²) in [6, 6.07) is 4.63. The number of amides is 1. The molecule has 0 aliphatic carbocycles. The molecular weight excluding hydrogens is 390 g/mol. The van der Waals surface area contributed by atoms with Crippen molar-refractivity contribution in [1.29, 1.82) is 0 Å². The number of nitrogens with one attached hydrogen (secondary N) is 1. The summed E-state index contributed by atoms with van der Waals surface area (Å²) in [7, 11) is 0. The number of nitrogens with zero attached hydrogens (tertiary/aromatic N) is 1. The van der Waals surface area contributed by atoms with Gasteiger partial charge in [0, 0.05) is 0 Å². The van der Waals surface area contributed by atoms with Crippen LogP contribution >= 0.6 is 0 Å². The Bertz CT molecular complexity index is 1170. The van der Waals surface area contributed by atoms with E-state index in [0.717, 1.165) is 12.1 Å². The molecule has 4 rings (SSSR count). The SMILES string of the molecule is O=C1N=C(c2c(F)c(F)c(F)c(F)c2F)c2c(O)[nH]c(-c3ccc(F)cc3)c21. The van der Waals surface area contributed by atoms with E-state index >= 15 is 0 Å². The van der Waals surface area contributed by atoms with Crippen molar-refractivity contribution < 1.29 is 36.2 Å². The minimum Gasteiger partial charge on any atom is -0.494 e. The zero-order chi connectivity index (χ0) is 20.3. The molecule has 1 aliphatic heterocycles. The molecule has 0 spiro atoms. The standard InChI is InChI=1S/C18H6F6N2O2/c19-6-3-1-5(2-4-6)15-7-8(18(28)25-15)16(26-17(7)27)9-10(20)12(22)14(24)13(23)11(9)21/h1-4,25,28H. The van der Waals surface area contributed by atoms with Gasteiger partial charge in [-0.05, 0) is 29.8 Å². The Morgan fingerprint density at radius 3 is 1.86 bits per heavy atom. The molecule has 2 aromatic carbocycles. The van der Waals surface area contributed by atoms with Crippen molar-refractivity contribution in [3.05, 3.63) is 75.9 Å². The molecule has 2 heterocycles. The van der Waals surface area contributed by atoms with Gasteiger partial charge in [0.15, 0.2) is 29.1 Å². The largest absolute Gasteiger partial charge is 0.494 e. The second-order valence-corrected chi connectivity index (χ2v) is 5.82. The Balaban J connectivity index is 1.97. The van der Waals surface area contributed by atoms with Crippen molar-refractivity contribution in [3.8, 4) is 17.1 Å². The van der Waals surface area contributed by atoms with Gasteiger partial charge >= 0.3 is 0 Å². The van der Waals surface area contributed by atoms with Crippen LogP contribution in [0.25, 0.3) is 11.3 Å². The Labute approximate surface area is 151 Å². The average molecular weight is 396 g/mol. The number of carbonyl (C=O) groups is 1. The molecule has 10 heteroatoms. The van der Waals surface area contributed by atoms with Gasteiger partial charge < -0.3 is 10.1 Å². The summed E-state index contributed by atoms with van der Waals surface area (Å²) in [5.74, 6) is -13.6. The maximum absolute atomic E-state index is 14.1. The number of H-pyrrole nitrogens is 1. The number of hydrogen-bond donors (Lipinski definition) is 2. The van der Waals surface area contributed by atoms with E-state index in [1.807, 2.05) is 0 Å². The number of rotatable bonds is 2. The number of fused-ring (bicyclic) bond motifs is 1. The first-order valence-corrected chi connectivity index (χ1v) is 7.58. The number of halogens is 6. The predicted molar refractivity (Wildman–Crippen MR) is 84.1 cm³/mol. The number of aliphatic imine (C=N–C) groups is 1. The second-order valence-electron chi connectivity index (χ2n) is 5.82. The normalized spacial score (nSPS) is 13.1. The van der Waals surface area contributed by atoms with Crippen LogP contribution in [-0.2, 0) is 0 Å². The van der Waals surface area contributed by atoms with Crippen LogP contribution in [-0.4, -0.2) is 21.7 Å². The Morgan fingerprint density at radius 1 is 0.750 bits per heavy atom. The number of aromatic amines is 1. The first-order chi connectivity index (χ1) is 13.2. The molecule has 1 aliphatic rings. The quantitative estimate of drug-likeness (QED) is 0.387. The Morgan fingerprint density at radius 2 is 1.29 bits per heavy atom.